The van der Waals surface area contributed by atoms with Crippen molar-refractivity contribution in [3.63, 3.8) is 0 Å². The molecular weight excluding hydrogens is 402 g/mol. The van der Waals surface area contributed by atoms with E-state index in [1.807, 2.05) is 0 Å². The van der Waals surface area contributed by atoms with Crippen molar-refractivity contribution in [3.8, 4) is 11.5 Å². The number of carbonyl (C=O) groups excluding carboxylic acids is 1. The summed E-state index contributed by atoms with van der Waals surface area (Å²) in [4.78, 5) is 18.2. The van der Waals surface area contributed by atoms with E-state index in [1.165, 1.54) is 12.1 Å². The third-order valence-electron chi connectivity index (χ3n) is 4.58. The Kier molecular flexibility index (Phi) is 5.76. The van der Waals surface area contributed by atoms with Gasteiger partial charge in [-0.1, -0.05) is 0 Å². The molecular formula is C17H19F4N3O3S. The second kappa shape index (κ2) is 7.78. The topological polar surface area (TPSA) is 63.2 Å². The lowest BCUT2D eigenvalue weighted by Gasteiger charge is -2.35. The molecule has 154 valence electrons. The summed E-state index contributed by atoms with van der Waals surface area (Å²) in [7, 11) is 0. The highest BCUT2D eigenvalue weighted by molar-refractivity contribution is 7.99. The summed E-state index contributed by atoms with van der Waals surface area (Å²) in [5.41, 5.74) is 0.311. The zero-order chi connectivity index (χ0) is 20.5. The largest absolute Gasteiger partial charge is 0.586 e. The summed E-state index contributed by atoms with van der Waals surface area (Å²) in [6.45, 7) is 5.35. The number of amides is 1. The number of benzene rings is 1. The Morgan fingerprint density at radius 1 is 1.29 bits per heavy atom. The van der Waals surface area contributed by atoms with Crippen LogP contribution in [-0.2, 0) is 4.79 Å². The molecule has 1 N–H and O–H groups in total. The summed E-state index contributed by atoms with van der Waals surface area (Å²) < 4.78 is 61.6. The number of likely N-dealkylation sites (tertiary alicyclic amines) is 1. The first-order valence-corrected chi connectivity index (χ1v) is 9.52. The van der Waals surface area contributed by atoms with E-state index in [2.05, 4.69) is 26.5 Å². The molecule has 3 rings (SSSR count). The SMILES string of the molecule is C=Nc1cc2c(cc1SCNC(=O)C(C)N1CCC(F)(F)CC1)OC(F)(F)O2. The van der Waals surface area contributed by atoms with E-state index in [1.54, 1.807) is 11.8 Å². The first-order valence-electron chi connectivity index (χ1n) is 8.53. The highest BCUT2D eigenvalue weighted by atomic mass is 32.2. The van der Waals surface area contributed by atoms with Crippen LogP contribution in [0.1, 0.15) is 19.8 Å². The van der Waals surface area contributed by atoms with E-state index in [-0.39, 0.29) is 49.2 Å². The number of carbonyl (C=O) groups is 1. The molecule has 2 aliphatic heterocycles. The average molecular weight is 421 g/mol. The zero-order valence-electron chi connectivity index (χ0n) is 15.0. The fraction of sp³-hybridized carbons (Fsp3) is 0.529. The predicted molar refractivity (Wildman–Crippen MR) is 95.9 cm³/mol. The fourth-order valence-electron chi connectivity index (χ4n) is 2.94. The monoisotopic (exact) mass is 421 g/mol. The van der Waals surface area contributed by atoms with Crippen LogP contribution in [-0.4, -0.2) is 54.7 Å². The maximum Gasteiger partial charge on any atom is 0.586 e. The maximum atomic E-state index is 13.2. The number of nitrogens with one attached hydrogen (secondary N) is 1. The third-order valence-corrected chi connectivity index (χ3v) is 5.51. The molecule has 2 heterocycles. The number of hydrogen-bond donors (Lipinski definition) is 1. The van der Waals surface area contributed by atoms with Gasteiger partial charge in [0.25, 0.3) is 5.92 Å². The molecule has 1 amide bonds. The third kappa shape index (κ3) is 4.69. The van der Waals surface area contributed by atoms with Crippen LogP contribution >= 0.6 is 11.8 Å². The van der Waals surface area contributed by atoms with Crippen molar-refractivity contribution in [3.05, 3.63) is 12.1 Å². The number of halogens is 4. The van der Waals surface area contributed by atoms with Gasteiger partial charge in [-0.25, -0.2) is 8.78 Å². The first-order chi connectivity index (χ1) is 13.1. The van der Waals surface area contributed by atoms with Crippen LogP contribution in [0.25, 0.3) is 0 Å². The van der Waals surface area contributed by atoms with Crippen molar-refractivity contribution in [1.82, 2.24) is 10.2 Å². The Hall–Kier alpha value is -2.01. The van der Waals surface area contributed by atoms with Crippen molar-refractivity contribution in [2.75, 3.05) is 19.0 Å². The second-order valence-electron chi connectivity index (χ2n) is 6.49. The molecule has 1 aromatic carbocycles. The number of rotatable bonds is 6. The molecule has 0 aliphatic carbocycles. The molecule has 6 nitrogen and oxygen atoms in total. The van der Waals surface area contributed by atoms with E-state index >= 15 is 0 Å². The number of alkyl halides is 4. The van der Waals surface area contributed by atoms with Crippen LogP contribution in [0, 0.1) is 0 Å². The van der Waals surface area contributed by atoms with Gasteiger partial charge in [-0.15, -0.1) is 20.5 Å². The fourth-order valence-corrected chi connectivity index (χ4v) is 3.77. The van der Waals surface area contributed by atoms with E-state index in [9.17, 15) is 22.4 Å². The lowest BCUT2D eigenvalue weighted by molar-refractivity contribution is -0.286. The Balaban J connectivity index is 1.55. The van der Waals surface area contributed by atoms with Crippen LogP contribution < -0.4 is 14.8 Å². The van der Waals surface area contributed by atoms with Gasteiger partial charge in [0.2, 0.25) is 5.91 Å². The van der Waals surface area contributed by atoms with Crippen molar-refractivity contribution in [1.29, 1.82) is 0 Å². The molecule has 0 bridgehead atoms. The van der Waals surface area contributed by atoms with Gasteiger partial charge in [-0.3, -0.25) is 14.7 Å². The van der Waals surface area contributed by atoms with Gasteiger partial charge in [-0.05, 0) is 13.6 Å². The van der Waals surface area contributed by atoms with Crippen molar-refractivity contribution in [2.45, 2.75) is 42.9 Å². The van der Waals surface area contributed by atoms with E-state index in [0.717, 1.165) is 11.8 Å². The maximum absolute atomic E-state index is 13.2. The minimum atomic E-state index is -3.74. The number of fused-ring (bicyclic) bond motifs is 1. The van der Waals surface area contributed by atoms with Gasteiger partial charge in [0.1, 0.15) is 0 Å². The predicted octanol–water partition coefficient (Wildman–Crippen LogP) is 3.63. The van der Waals surface area contributed by atoms with Crippen molar-refractivity contribution >= 4 is 30.1 Å². The number of thioether (sulfide) groups is 1. The molecule has 2 aliphatic rings. The summed E-state index contributed by atoms with van der Waals surface area (Å²) in [5.74, 6) is -3.12. The van der Waals surface area contributed by atoms with Gasteiger partial charge in [0, 0.05) is 43.0 Å². The molecule has 0 spiro atoms. The lowest BCUT2D eigenvalue weighted by Crippen LogP contribution is -2.50. The quantitative estimate of drug-likeness (QED) is 0.329. The van der Waals surface area contributed by atoms with Crippen molar-refractivity contribution in [2.24, 2.45) is 4.99 Å². The molecule has 0 radical (unpaired) electrons. The Morgan fingerprint density at radius 2 is 1.89 bits per heavy atom. The molecule has 0 saturated carbocycles. The molecule has 1 saturated heterocycles. The smallest absolute Gasteiger partial charge is 0.395 e. The van der Waals surface area contributed by atoms with Crippen molar-refractivity contribution < 1.29 is 31.8 Å². The number of ether oxygens (including phenoxy) is 2. The van der Waals surface area contributed by atoms with Crippen LogP contribution in [0.5, 0.6) is 11.5 Å². The first kappa shape index (κ1) is 20.7. The van der Waals surface area contributed by atoms with E-state index in [4.69, 9.17) is 0 Å². The van der Waals surface area contributed by atoms with Crippen LogP contribution in [0.15, 0.2) is 22.0 Å². The minimum Gasteiger partial charge on any atom is -0.395 e. The number of hydrogen-bond acceptors (Lipinski definition) is 6. The molecule has 0 aromatic heterocycles. The van der Waals surface area contributed by atoms with Crippen LogP contribution in [0.4, 0.5) is 23.2 Å². The van der Waals surface area contributed by atoms with Gasteiger partial charge in [0.15, 0.2) is 11.5 Å². The zero-order valence-corrected chi connectivity index (χ0v) is 15.8. The number of aliphatic imine (C=N–C) groups is 1. The van der Waals surface area contributed by atoms with E-state index < -0.39 is 18.3 Å². The lowest BCUT2D eigenvalue weighted by atomic mass is 10.1. The van der Waals surface area contributed by atoms with E-state index in [0.29, 0.717) is 10.6 Å². The van der Waals surface area contributed by atoms with Gasteiger partial charge >= 0.3 is 6.29 Å². The normalized spacial score (nSPS) is 21.2. The van der Waals surface area contributed by atoms with Gasteiger partial charge in [-0.2, -0.15) is 0 Å². The second-order valence-corrected chi connectivity index (χ2v) is 7.51. The Labute approximate surface area is 163 Å². The number of piperidine rings is 1. The highest BCUT2D eigenvalue weighted by Gasteiger charge is 2.44. The summed E-state index contributed by atoms with van der Waals surface area (Å²) >= 11 is 1.15. The van der Waals surface area contributed by atoms with Gasteiger partial charge in [0.05, 0.1) is 17.6 Å². The number of nitrogens with zero attached hydrogens (tertiary/aromatic N) is 2. The molecule has 1 aromatic rings. The Bertz CT molecular complexity index is 768. The van der Waals surface area contributed by atoms with Crippen LogP contribution in [0.2, 0.25) is 0 Å². The molecule has 28 heavy (non-hydrogen) atoms. The summed E-state index contributed by atoms with van der Waals surface area (Å²) in [5, 5.41) is 2.70. The molecule has 1 atom stereocenters. The highest BCUT2D eigenvalue weighted by Crippen LogP contribution is 2.46. The summed E-state index contributed by atoms with van der Waals surface area (Å²) in [6.07, 6.45) is -4.27. The van der Waals surface area contributed by atoms with Gasteiger partial charge < -0.3 is 14.8 Å². The Morgan fingerprint density at radius 3 is 2.50 bits per heavy atom. The molecule has 1 unspecified atom stereocenters. The van der Waals surface area contributed by atoms with Crippen LogP contribution in [0.3, 0.4) is 0 Å². The summed E-state index contributed by atoms with van der Waals surface area (Å²) in [6, 6.07) is 2.07. The molecule has 11 heteroatoms. The average Bonchev–Trinajstić information content (AvgIpc) is 2.93. The molecule has 1 fully saturated rings. The minimum absolute atomic E-state index is 0.131. The standard InChI is InChI=1S/C17H19F4N3O3S/c1-10(24-5-3-16(18,19)4-6-24)15(25)23-9-28-14-8-13-12(7-11(14)22-2)26-17(20,21)27-13/h7-8,10H,2-6,9H2,1H3,(H,23,25).